The normalized spacial score (nSPS) is 19.8. The van der Waals surface area contributed by atoms with Gasteiger partial charge in [0.2, 0.25) is 0 Å². The van der Waals surface area contributed by atoms with Gasteiger partial charge >= 0.3 is 0 Å². The highest BCUT2D eigenvalue weighted by molar-refractivity contribution is 6.30. The van der Waals surface area contributed by atoms with Crippen LogP contribution in [0.5, 0.6) is 0 Å². The third-order valence-corrected chi connectivity index (χ3v) is 6.44. The summed E-state index contributed by atoms with van der Waals surface area (Å²) < 4.78 is 2.11. The van der Waals surface area contributed by atoms with Gasteiger partial charge in [-0.25, -0.2) is 0 Å². The number of anilines is 1. The van der Waals surface area contributed by atoms with Crippen molar-refractivity contribution in [3.8, 4) is 0 Å². The summed E-state index contributed by atoms with van der Waals surface area (Å²) in [5.74, 6) is -0.560. The number of hydrogen-bond donors (Lipinski definition) is 2. The number of nitrogens with one attached hydrogen (secondary N) is 2. The number of likely N-dealkylation sites (tertiary alicyclic amines) is 1. The van der Waals surface area contributed by atoms with Crippen molar-refractivity contribution < 1.29 is 19.3 Å². The lowest BCUT2D eigenvalue weighted by Gasteiger charge is -2.23. The third-order valence-electron chi connectivity index (χ3n) is 6.44. The summed E-state index contributed by atoms with van der Waals surface area (Å²) in [7, 11) is 2.03. The molecule has 6 heteroatoms. The van der Waals surface area contributed by atoms with E-state index in [0.29, 0.717) is 28.9 Å². The molecule has 1 aromatic heterocycles. The molecule has 2 atom stereocenters. The van der Waals surface area contributed by atoms with Gasteiger partial charge in [-0.3, -0.25) is 14.4 Å². The number of ketones is 2. The van der Waals surface area contributed by atoms with Gasteiger partial charge in [0.15, 0.2) is 18.1 Å². The van der Waals surface area contributed by atoms with Crippen molar-refractivity contribution in [2.24, 2.45) is 7.05 Å². The fraction of sp³-hybridized carbons (Fsp3) is 0.240. The number of nitrogens with zero attached hydrogens (tertiary/aromatic N) is 1. The van der Waals surface area contributed by atoms with E-state index in [4.69, 9.17) is 0 Å². The second-order valence-corrected chi connectivity index (χ2v) is 8.30. The molecule has 156 valence electrons. The zero-order chi connectivity index (χ0) is 21.5. The number of fused-ring (bicyclic) bond motifs is 2. The van der Waals surface area contributed by atoms with Crippen molar-refractivity contribution >= 4 is 23.2 Å². The van der Waals surface area contributed by atoms with Crippen molar-refractivity contribution in [2.45, 2.75) is 18.9 Å². The zero-order valence-corrected chi connectivity index (χ0v) is 17.4. The summed E-state index contributed by atoms with van der Waals surface area (Å²) >= 11 is 0. The number of rotatable bonds is 4. The first-order valence-electron chi connectivity index (χ1n) is 10.6. The highest BCUT2D eigenvalue weighted by Crippen LogP contribution is 2.31. The first kappa shape index (κ1) is 19.5. The second-order valence-electron chi connectivity index (χ2n) is 8.30. The Balaban J connectivity index is 1.39. The van der Waals surface area contributed by atoms with Crippen molar-refractivity contribution in [1.29, 1.82) is 0 Å². The van der Waals surface area contributed by atoms with E-state index in [0.717, 1.165) is 19.4 Å². The van der Waals surface area contributed by atoms with E-state index in [2.05, 4.69) is 16.0 Å². The molecule has 3 aromatic rings. The minimum atomic E-state index is -0.226. The van der Waals surface area contributed by atoms with E-state index in [1.807, 2.05) is 19.3 Å². The molecule has 0 spiro atoms. The highest BCUT2D eigenvalue weighted by atomic mass is 16.2. The van der Waals surface area contributed by atoms with Crippen molar-refractivity contribution in [3.63, 3.8) is 0 Å². The monoisotopic (exact) mass is 414 g/mol. The minimum absolute atomic E-state index is 0.149. The van der Waals surface area contributed by atoms with E-state index in [1.165, 1.54) is 10.6 Å². The Kier molecular flexibility index (Phi) is 4.79. The molecule has 1 saturated heterocycles. The zero-order valence-electron chi connectivity index (χ0n) is 17.4. The topological polar surface area (TPSA) is 72.6 Å². The number of carbonyl (C=O) groups excluding carboxylic acids is 3. The molecule has 6 nitrogen and oxygen atoms in total. The number of carbonyl (C=O) groups is 3. The number of quaternary nitrogens is 1. The van der Waals surface area contributed by atoms with Gasteiger partial charge in [0.1, 0.15) is 6.04 Å². The average molecular weight is 414 g/mol. The predicted octanol–water partition coefficient (Wildman–Crippen LogP) is 2.16. The van der Waals surface area contributed by atoms with Crippen LogP contribution in [0.2, 0.25) is 0 Å². The SMILES string of the molecule is Cn1cccc1[C@H]1CCC[NH+]1CC(=O)Nc1cccc2c1C(=O)c1ccccc1C2=O. The minimum Gasteiger partial charge on any atom is -0.350 e. The van der Waals surface area contributed by atoms with Gasteiger partial charge in [-0.05, 0) is 18.2 Å². The fourth-order valence-corrected chi connectivity index (χ4v) is 4.97. The van der Waals surface area contributed by atoms with E-state index >= 15 is 0 Å². The summed E-state index contributed by atoms with van der Waals surface area (Å²) in [6.07, 6.45) is 4.15. The Morgan fingerprint density at radius 1 is 1.00 bits per heavy atom. The van der Waals surface area contributed by atoms with Crippen molar-refractivity contribution in [1.82, 2.24) is 4.57 Å². The summed E-state index contributed by atoms with van der Waals surface area (Å²) in [4.78, 5) is 40.2. The van der Waals surface area contributed by atoms with Gasteiger partial charge in [-0.2, -0.15) is 0 Å². The van der Waals surface area contributed by atoms with Gasteiger partial charge < -0.3 is 14.8 Å². The fourth-order valence-electron chi connectivity index (χ4n) is 4.97. The van der Waals surface area contributed by atoms with Crippen LogP contribution < -0.4 is 10.2 Å². The molecule has 1 unspecified atom stereocenters. The molecule has 0 bridgehead atoms. The van der Waals surface area contributed by atoms with E-state index in [-0.39, 0.29) is 29.1 Å². The maximum atomic E-state index is 13.1. The van der Waals surface area contributed by atoms with Gasteiger partial charge in [-0.1, -0.05) is 36.4 Å². The molecule has 0 radical (unpaired) electrons. The van der Waals surface area contributed by atoms with Gasteiger partial charge in [0.05, 0.1) is 23.5 Å². The number of amides is 1. The number of aryl methyl sites for hydroxylation is 1. The quantitative estimate of drug-likeness (QED) is 0.538. The van der Waals surface area contributed by atoms with Gasteiger partial charge in [-0.15, -0.1) is 0 Å². The highest BCUT2D eigenvalue weighted by Gasteiger charge is 2.34. The first-order valence-corrected chi connectivity index (χ1v) is 10.6. The smallest absolute Gasteiger partial charge is 0.279 e. The molecule has 1 fully saturated rings. The van der Waals surface area contributed by atoms with Crippen LogP contribution in [0.25, 0.3) is 0 Å². The summed E-state index contributed by atoms with van der Waals surface area (Å²) in [5.41, 5.74) is 3.07. The predicted molar refractivity (Wildman–Crippen MR) is 116 cm³/mol. The summed E-state index contributed by atoms with van der Waals surface area (Å²) in [5, 5.41) is 2.92. The van der Waals surface area contributed by atoms with Crippen LogP contribution in [0.4, 0.5) is 5.69 Å². The lowest BCUT2D eigenvalue weighted by molar-refractivity contribution is -0.910. The molecule has 5 rings (SSSR count). The Labute approximate surface area is 180 Å². The van der Waals surface area contributed by atoms with Crippen molar-refractivity contribution in [3.05, 3.63) is 88.7 Å². The molecule has 1 amide bonds. The van der Waals surface area contributed by atoms with Gasteiger partial charge in [0, 0.05) is 42.8 Å². The molecule has 0 saturated carbocycles. The number of hydrogen-bond acceptors (Lipinski definition) is 3. The number of benzene rings is 2. The van der Waals surface area contributed by atoms with Crippen LogP contribution in [0.1, 0.15) is 56.4 Å². The Bertz CT molecular complexity index is 1210. The van der Waals surface area contributed by atoms with Crippen molar-refractivity contribution in [2.75, 3.05) is 18.4 Å². The molecule has 2 aliphatic rings. The van der Waals surface area contributed by atoms with Crippen LogP contribution in [-0.4, -0.2) is 35.1 Å². The lowest BCUT2D eigenvalue weighted by atomic mass is 9.83. The lowest BCUT2D eigenvalue weighted by Crippen LogP contribution is -3.11. The summed E-state index contributed by atoms with van der Waals surface area (Å²) in [6, 6.07) is 16.3. The van der Waals surface area contributed by atoms with Crippen LogP contribution in [0, 0.1) is 0 Å². The van der Waals surface area contributed by atoms with E-state index < -0.39 is 0 Å². The molecular formula is C25H24N3O3+. The summed E-state index contributed by atoms with van der Waals surface area (Å²) in [6.45, 7) is 1.25. The molecule has 31 heavy (non-hydrogen) atoms. The standard InChI is InChI=1S/C25H23N3O3/c1-27-13-5-11-20(27)21-12-6-14-28(21)15-22(29)26-19-10-4-9-18-23(19)25(31)17-8-3-2-7-16(17)24(18)30/h2-5,7-11,13,21H,6,12,14-15H2,1H3,(H,26,29)/p+1/t21-/m1/s1. The molecule has 1 aliphatic heterocycles. The van der Waals surface area contributed by atoms with Gasteiger partial charge in [0.25, 0.3) is 5.91 Å². The van der Waals surface area contributed by atoms with E-state index in [1.54, 1.807) is 42.5 Å². The molecule has 1 aliphatic carbocycles. The Hall–Kier alpha value is -3.51. The average Bonchev–Trinajstić information content (AvgIpc) is 3.40. The maximum absolute atomic E-state index is 13.1. The first-order chi connectivity index (χ1) is 15.0. The van der Waals surface area contributed by atoms with E-state index in [9.17, 15) is 14.4 Å². The van der Waals surface area contributed by atoms with Crippen LogP contribution in [-0.2, 0) is 11.8 Å². The molecule has 2 N–H and O–H groups in total. The maximum Gasteiger partial charge on any atom is 0.279 e. The molecule has 2 aromatic carbocycles. The number of aromatic nitrogens is 1. The Morgan fingerprint density at radius 2 is 1.74 bits per heavy atom. The van der Waals surface area contributed by atoms with Crippen LogP contribution in [0.15, 0.2) is 60.8 Å². The molecular weight excluding hydrogens is 390 g/mol. The van der Waals surface area contributed by atoms with Crippen LogP contribution >= 0.6 is 0 Å². The van der Waals surface area contributed by atoms with Crippen LogP contribution in [0.3, 0.4) is 0 Å². The molecule has 2 heterocycles. The largest absolute Gasteiger partial charge is 0.350 e. The third kappa shape index (κ3) is 3.29. The Morgan fingerprint density at radius 3 is 2.48 bits per heavy atom. The second kappa shape index (κ2) is 7.63.